The molecular formula is C22H30N2O2S. The Labute approximate surface area is 165 Å². The fourth-order valence-electron chi connectivity index (χ4n) is 4.08. The molecule has 3 rings (SSSR count). The maximum Gasteiger partial charge on any atom is 0.329 e. The van der Waals surface area contributed by atoms with E-state index in [2.05, 4.69) is 37.0 Å². The van der Waals surface area contributed by atoms with Crippen molar-refractivity contribution >= 4 is 11.8 Å². The lowest BCUT2D eigenvalue weighted by Gasteiger charge is -2.25. The first-order valence-corrected chi connectivity index (χ1v) is 10.8. The van der Waals surface area contributed by atoms with E-state index >= 15 is 0 Å². The fourth-order valence-corrected chi connectivity index (χ4v) is 5.50. The van der Waals surface area contributed by atoms with Crippen LogP contribution in [0, 0.1) is 19.8 Å². The van der Waals surface area contributed by atoms with E-state index in [-0.39, 0.29) is 17.2 Å². The number of hydrogen-bond donors (Lipinski definition) is 1. The molecule has 0 atom stereocenters. The van der Waals surface area contributed by atoms with Gasteiger partial charge in [0.2, 0.25) is 0 Å². The minimum absolute atomic E-state index is 0.0559. The topological polar surface area (TPSA) is 54.9 Å². The summed E-state index contributed by atoms with van der Waals surface area (Å²) in [5.74, 6) is 0.571. The summed E-state index contributed by atoms with van der Waals surface area (Å²) in [6, 6.07) is 6.39. The van der Waals surface area contributed by atoms with Crippen LogP contribution < -0.4 is 11.2 Å². The van der Waals surface area contributed by atoms with E-state index in [9.17, 15) is 9.59 Å². The van der Waals surface area contributed by atoms with Gasteiger partial charge in [-0.2, -0.15) is 0 Å². The van der Waals surface area contributed by atoms with Gasteiger partial charge in [-0.3, -0.25) is 14.3 Å². The zero-order valence-corrected chi connectivity index (χ0v) is 17.6. The third-order valence-electron chi connectivity index (χ3n) is 5.34. The Bertz CT molecular complexity index is 901. The lowest BCUT2D eigenvalue weighted by Crippen LogP contribution is -2.36. The summed E-state index contributed by atoms with van der Waals surface area (Å²) in [7, 11) is 0. The quantitative estimate of drug-likeness (QED) is 0.735. The molecule has 0 spiro atoms. The van der Waals surface area contributed by atoms with Gasteiger partial charge in [-0.15, -0.1) is 0 Å². The number of benzene rings is 1. The van der Waals surface area contributed by atoms with Gasteiger partial charge in [0.05, 0.1) is 10.6 Å². The summed E-state index contributed by atoms with van der Waals surface area (Å²) in [4.78, 5) is 29.0. The van der Waals surface area contributed by atoms with Crippen LogP contribution in [0.1, 0.15) is 68.6 Å². The van der Waals surface area contributed by atoms with E-state index in [0.717, 1.165) is 28.3 Å². The van der Waals surface area contributed by atoms with E-state index in [1.54, 1.807) is 11.8 Å². The smallest absolute Gasteiger partial charge is 0.287 e. The van der Waals surface area contributed by atoms with Crippen LogP contribution in [0.25, 0.3) is 0 Å². The minimum Gasteiger partial charge on any atom is -0.287 e. The van der Waals surface area contributed by atoms with Crippen molar-refractivity contribution in [1.82, 2.24) is 9.55 Å². The first kappa shape index (κ1) is 20.0. The summed E-state index contributed by atoms with van der Waals surface area (Å²) in [5, 5.41) is 0.814. The molecular weight excluding hydrogens is 356 g/mol. The van der Waals surface area contributed by atoms with E-state index in [0.29, 0.717) is 12.5 Å². The molecule has 1 saturated carbocycles. The molecule has 0 aliphatic heterocycles. The molecule has 0 saturated heterocycles. The molecule has 146 valence electrons. The first-order chi connectivity index (χ1) is 12.8. The molecule has 4 nitrogen and oxygen atoms in total. The van der Waals surface area contributed by atoms with Crippen molar-refractivity contribution in [1.29, 1.82) is 0 Å². The van der Waals surface area contributed by atoms with Crippen molar-refractivity contribution in [2.24, 2.45) is 5.92 Å². The molecule has 0 radical (unpaired) electrons. The second kappa shape index (κ2) is 8.51. The van der Waals surface area contributed by atoms with Gasteiger partial charge in [-0.1, -0.05) is 50.9 Å². The number of aromatic nitrogens is 2. The standard InChI is InChI=1S/C22H30N2O2S/c1-14(2)19-20(25)23-22(26)24(13-17-8-6-5-7-9-17)21(19)27-18-11-15(3)10-16(4)12-18/h10-12,14,17H,5-9,13H2,1-4H3,(H,23,25,26). The lowest BCUT2D eigenvalue weighted by molar-refractivity contribution is 0.305. The maximum absolute atomic E-state index is 12.7. The molecule has 27 heavy (non-hydrogen) atoms. The summed E-state index contributed by atoms with van der Waals surface area (Å²) < 4.78 is 1.83. The molecule has 1 aliphatic carbocycles. The maximum atomic E-state index is 12.7. The molecule has 5 heteroatoms. The van der Waals surface area contributed by atoms with Gasteiger partial charge in [-0.05, 0) is 61.8 Å². The number of H-pyrrole nitrogens is 1. The van der Waals surface area contributed by atoms with Crippen molar-refractivity contribution in [3.05, 3.63) is 55.7 Å². The van der Waals surface area contributed by atoms with Gasteiger partial charge in [0.1, 0.15) is 0 Å². The van der Waals surface area contributed by atoms with Crippen molar-refractivity contribution in [3.63, 3.8) is 0 Å². The molecule has 1 aromatic heterocycles. The van der Waals surface area contributed by atoms with Crippen molar-refractivity contribution in [2.75, 3.05) is 0 Å². The minimum atomic E-state index is -0.276. The molecule has 0 amide bonds. The van der Waals surface area contributed by atoms with E-state index in [1.165, 1.54) is 30.4 Å². The Morgan fingerprint density at radius 2 is 1.70 bits per heavy atom. The highest BCUT2D eigenvalue weighted by molar-refractivity contribution is 7.99. The van der Waals surface area contributed by atoms with Crippen LogP contribution >= 0.6 is 11.8 Å². The Hall–Kier alpha value is -1.75. The molecule has 1 N–H and O–H groups in total. The highest BCUT2D eigenvalue weighted by atomic mass is 32.2. The summed E-state index contributed by atoms with van der Waals surface area (Å²) in [6.45, 7) is 8.89. The Balaban J connectivity index is 2.09. The van der Waals surface area contributed by atoms with Crippen LogP contribution in [0.4, 0.5) is 0 Å². The predicted molar refractivity (Wildman–Crippen MR) is 112 cm³/mol. The van der Waals surface area contributed by atoms with Crippen LogP contribution in [0.3, 0.4) is 0 Å². The van der Waals surface area contributed by atoms with Gasteiger partial charge >= 0.3 is 5.69 Å². The summed E-state index contributed by atoms with van der Waals surface area (Å²) in [5.41, 5.74) is 2.57. The molecule has 1 heterocycles. The molecule has 1 fully saturated rings. The van der Waals surface area contributed by atoms with Crippen LogP contribution in [-0.2, 0) is 6.54 Å². The van der Waals surface area contributed by atoms with Gasteiger partial charge in [0.25, 0.3) is 5.56 Å². The highest BCUT2D eigenvalue weighted by Gasteiger charge is 2.22. The molecule has 0 unspecified atom stereocenters. The average Bonchev–Trinajstić information content (AvgIpc) is 2.58. The van der Waals surface area contributed by atoms with Gasteiger partial charge < -0.3 is 0 Å². The Morgan fingerprint density at radius 1 is 1.07 bits per heavy atom. The number of rotatable bonds is 5. The Morgan fingerprint density at radius 3 is 2.30 bits per heavy atom. The van der Waals surface area contributed by atoms with E-state index < -0.39 is 0 Å². The van der Waals surface area contributed by atoms with Gasteiger partial charge in [0.15, 0.2) is 0 Å². The zero-order chi connectivity index (χ0) is 19.6. The highest BCUT2D eigenvalue weighted by Crippen LogP contribution is 2.34. The third-order valence-corrected chi connectivity index (χ3v) is 6.44. The van der Waals surface area contributed by atoms with Crippen molar-refractivity contribution < 1.29 is 0 Å². The zero-order valence-electron chi connectivity index (χ0n) is 16.8. The van der Waals surface area contributed by atoms with Crippen LogP contribution in [0.2, 0.25) is 0 Å². The number of aromatic amines is 1. The largest absolute Gasteiger partial charge is 0.329 e. The SMILES string of the molecule is Cc1cc(C)cc(Sc2c(C(C)C)c(=O)[nH]c(=O)n2CC2CCCCC2)c1. The summed E-state index contributed by atoms with van der Waals surface area (Å²) in [6.07, 6.45) is 6.09. The second-order valence-electron chi connectivity index (χ2n) is 8.17. The van der Waals surface area contributed by atoms with Gasteiger partial charge in [0, 0.05) is 11.4 Å². The molecule has 2 aromatic rings. The fraction of sp³-hybridized carbons (Fsp3) is 0.545. The lowest BCUT2D eigenvalue weighted by atomic mass is 9.89. The van der Waals surface area contributed by atoms with E-state index in [4.69, 9.17) is 0 Å². The second-order valence-corrected chi connectivity index (χ2v) is 9.24. The number of nitrogens with one attached hydrogen (secondary N) is 1. The number of nitrogens with zero attached hydrogens (tertiary/aromatic N) is 1. The average molecular weight is 387 g/mol. The Kier molecular flexibility index (Phi) is 6.30. The number of hydrogen-bond acceptors (Lipinski definition) is 3. The van der Waals surface area contributed by atoms with Gasteiger partial charge in [-0.25, -0.2) is 4.79 Å². The molecule has 1 aliphatic rings. The van der Waals surface area contributed by atoms with Crippen molar-refractivity contribution in [3.8, 4) is 0 Å². The summed E-state index contributed by atoms with van der Waals surface area (Å²) >= 11 is 1.56. The normalized spacial score (nSPS) is 15.4. The molecule has 1 aromatic carbocycles. The van der Waals surface area contributed by atoms with Crippen molar-refractivity contribution in [2.45, 2.75) is 82.2 Å². The third kappa shape index (κ3) is 4.75. The van der Waals surface area contributed by atoms with Crippen LogP contribution in [-0.4, -0.2) is 9.55 Å². The first-order valence-electron chi connectivity index (χ1n) is 9.98. The predicted octanol–water partition coefficient (Wildman–Crippen LogP) is 5.01. The number of aryl methyl sites for hydroxylation is 2. The monoisotopic (exact) mass is 386 g/mol. The molecule has 0 bridgehead atoms. The van der Waals surface area contributed by atoms with Crippen LogP contribution in [0.5, 0.6) is 0 Å². The van der Waals surface area contributed by atoms with Crippen LogP contribution in [0.15, 0.2) is 37.7 Å². The van der Waals surface area contributed by atoms with E-state index in [1.807, 2.05) is 18.4 Å².